The summed E-state index contributed by atoms with van der Waals surface area (Å²) >= 11 is 0. The lowest BCUT2D eigenvalue weighted by Crippen LogP contribution is -2.45. The van der Waals surface area contributed by atoms with Crippen LogP contribution in [0.3, 0.4) is 0 Å². The van der Waals surface area contributed by atoms with Crippen LogP contribution in [0.4, 0.5) is 18.9 Å². The van der Waals surface area contributed by atoms with E-state index in [2.05, 4.69) is 5.32 Å². The van der Waals surface area contributed by atoms with Crippen molar-refractivity contribution in [2.45, 2.75) is 25.4 Å². The first-order valence-corrected chi connectivity index (χ1v) is 10.3. The second kappa shape index (κ2) is 8.61. The summed E-state index contributed by atoms with van der Waals surface area (Å²) in [6.45, 7) is 1.36. The van der Waals surface area contributed by atoms with Crippen LogP contribution in [-0.4, -0.2) is 36.4 Å². The van der Waals surface area contributed by atoms with Crippen LogP contribution in [0.15, 0.2) is 48.5 Å². The van der Waals surface area contributed by atoms with Crippen molar-refractivity contribution in [3.63, 3.8) is 0 Å². The first-order valence-electron chi connectivity index (χ1n) is 10.3. The van der Waals surface area contributed by atoms with Gasteiger partial charge in [0.15, 0.2) is 0 Å². The van der Waals surface area contributed by atoms with Gasteiger partial charge in [-0.15, -0.1) is 0 Å². The standard InChI is InChI=1S/C23H23F3N2O3/c24-23(25,26)18-6-7-20-19(13-18)27-21(29)12-16-8-10-28(14-17(16)9-11-31-20)22(30)15-4-2-1-3-5-15/h1-7,13,16-17H,8-12,14H2,(H,27,29)/t16-,17-/m0/s1. The molecule has 0 radical (unpaired) electrons. The molecule has 2 aromatic carbocycles. The number of piperidine rings is 1. The number of hydrogen-bond acceptors (Lipinski definition) is 3. The number of nitrogens with one attached hydrogen (secondary N) is 1. The third kappa shape index (κ3) is 4.84. The van der Waals surface area contributed by atoms with E-state index in [0.29, 0.717) is 38.1 Å². The molecule has 164 valence electrons. The predicted molar refractivity (Wildman–Crippen MR) is 109 cm³/mol. The zero-order chi connectivity index (χ0) is 22.0. The molecule has 2 aliphatic heterocycles. The van der Waals surface area contributed by atoms with Gasteiger partial charge in [0.25, 0.3) is 5.91 Å². The van der Waals surface area contributed by atoms with Crippen molar-refractivity contribution < 1.29 is 27.5 Å². The number of anilines is 1. The molecule has 1 fully saturated rings. The summed E-state index contributed by atoms with van der Waals surface area (Å²) in [5.74, 6) is -0.0535. The van der Waals surface area contributed by atoms with Gasteiger partial charge in [0.05, 0.1) is 17.9 Å². The molecular weight excluding hydrogens is 409 g/mol. The van der Waals surface area contributed by atoms with E-state index in [-0.39, 0.29) is 41.5 Å². The molecule has 1 N–H and O–H groups in total. The lowest BCUT2D eigenvalue weighted by molar-refractivity contribution is -0.137. The smallest absolute Gasteiger partial charge is 0.416 e. The molecule has 8 heteroatoms. The first-order chi connectivity index (χ1) is 14.8. The van der Waals surface area contributed by atoms with E-state index in [1.165, 1.54) is 6.07 Å². The maximum Gasteiger partial charge on any atom is 0.416 e. The lowest BCUT2D eigenvalue weighted by atomic mass is 9.80. The molecule has 2 aromatic rings. The van der Waals surface area contributed by atoms with E-state index in [1.54, 1.807) is 12.1 Å². The fourth-order valence-electron chi connectivity index (χ4n) is 4.31. The molecule has 1 saturated heterocycles. The number of halogens is 3. The van der Waals surface area contributed by atoms with Crippen LogP contribution in [0.5, 0.6) is 5.75 Å². The summed E-state index contributed by atoms with van der Waals surface area (Å²) in [7, 11) is 0. The second-order valence-corrected chi connectivity index (χ2v) is 8.02. The van der Waals surface area contributed by atoms with Gasteiger partial charge in [-0.1, -0.05) is 18.2 Å². The van der Waals surface area contributed by atoms with Gasteiger partial charge < -0.3 is 15.0 Å². The van der Waals surface area contributed by atoms with Gasteiger partial charge in [-0.2, -0.15) is 13.2 Å². The van der Waals surface area contributed by atoms with Crippen molar-refractivity contribution in [3.05, 3.63) is 59.7 Å². The molecule has 2 atom stereocenters. The Morgan fingerprint density at radius 3 is 2.58 bits per heavy atom. The molecule has 0 aliphatic carbocycles. The van der Waals surface area contributed by atoms with E-state index in [0.717, 1.165) is 12.1 Å². The topological polar surface area (TPSA) is 58.6 Å². The molecule has 31 heavy (non-hydrogen) atoms. The summed E-state index contributed by atoms with van der Waals surface area (Å²) < 4.78 is 44.9. The van der Waals surface area contributed by atoms with E-state index in [1.807, 2.05) is 23.1 Å². The third-order valence-corrected chi connectivity index (χ3v) is 5.97. The van der Waals surface area contributed by atoms with Crippen LogP contribution in [0.25, 0.3) is 0 Å². The highest BCUT2D eigenvalue weighted by Gasteiger charge is 2.35. The molecule has 4 rings (SSSR count). The third-order valence-electron chi connectivity index (χ3n) is 5.97. The minimum absolute atomic E-state index is 0.0356. The number of carbonyl (C=O) groups is 2. The Morgan fingerprint density at radius 1 is 1.06 bits per heavy atom. The fourth-order valence-corrected chi connectivity index (χ4v) is 4.31. The SMILES string of the molecule is O=C1C[C@@H]2CCN(C(=O)c3ccccc3)C[C@@H]2CCOc2ccc(C(F)(F)F)cc2N1. The van der Waals surface area contributed by atoms with Crippen LogP contribution in [0.2, 0.25) is 0 Å². The van der Waals surface area contributed by atoms with Gasteiger partial charge >= 0.3 is 6.18 Å². The van der Waals surface area contributed by atoms with Gasteiger partial charge in [-0.05, 0) is 55.0 Å². The minimum atomic E-state index is -4.50. The van der Waals surface area contributed by atoms with E-state index >= 15 is 0 Å². The highest BCUT2D eigenvalue weighted by molar-refractivity contribution is 5.94. The zero-order valence-corrected chi connectivity index (χ0v) is 16.8. The normalized spacial score (nSPS) is 21.9. The summed E-state index contributed by atoms with van der Waals surface area (Å²) in [4.78, 5) is 27.2. The molecule has 0 aromatic heterocycles. The summed E-state index contributed by atoms with van der Waals surface area (Å²) in [5.41, 5.74) is -0.169. The number of benzene rings is 2. The van der Waals surface area contributed by atoms with Crippen LogP contribution in [-0.2, 0) is 11.0 Å². The summed E-state index contributed by atoms with van der Waals surface area (Å²) in [5, 5.41) is 2.59. The fraction of sp³-hybridized carbons (Fsp3) is 0.391. The van der Waals surface area contributed by atoms with Crippen LogP contribution >= 0.6 is 0 Å². The quantitative estimate of drug-likeness (QED) is 0.717. The number of amides is 2. The second-order valence-electron chi connectivity index (χ2n) is 8.02. The van der Waals surface area contributed by atoms with Crippen molar-refractivity contribution in [3.8, 4) is 5.75 Å². The Bertz CT molecular complexity index is 962. The summed E-state index contributed by atoms with van der Waals surface area (Å²) in [6.07, 6.45) is -3.03. The molecule has 2 heterocycles. The number of likely N-dealkylation sites (tertiary alicyclic amines) is 1. The van der Waals surface area contributed by atoms with Crippen LogP contribution in [0, 0.1) is 11.8 Å². The summed E-state index contributed by atoms with van der Waals surface area (Å²) in [6, 6.07) is 12.2. The van der Waals surface area contributed by atoms with Crippen molar-refractivity contribution >= 4 is 17.5 Å². The Morgan fingerprint density at radius 2 is 1.84 bits per heavy atom. The van der Waals surface area contributed by atoms with Gasteiger partial charge in [0, 0.05) is 25.1 Å². The monoisotopic (exact) mass is 432 g/mol. The Labute approximate surface area is 178 Å². The predicted octanol–water partition coefficient (Wildman–Crippen LogP) is 4.60. The maximum atomic E-state index is 13.0. The first kappa shape index (κ1) is 21.2. The van der Waals surface area contributed by atoms with Gasteiger partial charge in [-0.3, -0.25) is 9.59 Å². The molecule has 5 nitrogen and oxygen atoms in total. The van der Waals surface area contributed by atoms with Crippen molar-refractivity contribution in [1.82, 2.24) is 4.90 Å². The molecule has 0 saturated carbocycles. The highest BCUT2D eigenvalue weighted by Crippen LogP contribution is 2.37. The molecule has 2 amide bonds. The minimum Gasteiger partial charge on any atom is -0.491 e. The van der Waals surface area contributed by atoms with Gasteiger partial charge in [-0.25, -0.2) is 0 Å². The number of fused-ring (bicyclic) bond motifs is 2. The molecule has 0 unspecified atom stereocenters. The number of nitrogens with zero attached hydrogens (tertiary/aromatic N) is 1. The van der Waals surface area contributed by atoms with Gasteiger partial charge in [0.1, 0.15) is 5.75 Å². The average molecular weight is 432 g/mol. The number of ether oxygens (including phenoxy) is 1. The highest BCUT2D eigenvalue weighted by atomic mass is 19.4. The Balaban J connectivity index is 1.50. The molecule has 0 bridgehead atoms. The van der Waals surface area contributed by atoms with E-state index in [9.17, 15) is 22.8 Å². The maximum absolute atomic E-state index is 13.0. The van der Waals surface area contributed by atoms with Crippen molar-refractivity contribution in [2.75, 3.05) is 25.0 Å². The van der Waals surface area contributed by atoms with Gasteiger partial charge in [0.2, 0.25) is 5.91 Å². The Kier molecular flexibility index (Phi) is 5.89. The number of rotatable bonds is 1. The zero-order valence-electron chi connectivity index (χ0n) is 16.8. The number of hydrogen-bond donors (Lipinski definition) is 1. The van der Waals surface area contributed by atoms with Crippen LogP contribution < -0.4 is 10.1 Å². The van der Waals surface area contributed by atoms with E-state index in [4.69, 9.17) is 4.74 Å². The number of alkyl halides is 3. The molecule has 0 spiro atoms. The molecular formula is C23H23F3N2O3. The Hall–Kier alpha value is -3.03. The largest absolute Gasteiger partial charge is 0.491 e. The molecule has 2 aliphatic rings. The lowest BCUT2D eigenvalue weighted by Gasteiger charge is -2.39. The van der Waals surface area contributed by atoms with Crippen LogP contribution in [0.1, 0.15) is 35.2 Å². The number of carbonyl (C=O) groups excluding carboxylic acids is 2. The van der Waals surface area contributed by atoms with Crippen molar-refractivity contribution in [2.24, 2.45) is 11.8 Å². The van der Waals surface area contributed by atoms with Crippen molar-refractivity contribution in [1.29, 1.82) is 0 Å². The average Bonchev–Trinajstić information content (AvgIpc) is 2.75. The van der Waals surface area contributed by atoms with E-state index < -0.39 is 11.7 Å².